The number of piperazine rings is 1. The summed E-state index contributed by atoms with van der Waals surface area (Å²) in [5.41, 5.74) is 1.68. The first kappa shape index (κ1) is 27.3. The lowest BCUT2D eigenvalue weighted by Crippen LogP contribution is -2.55. The highest BCUT2D eigenvalue weighted by Crippen LogP contribution is 2.55. The SMILES string of the molecule is Cc1cc2c(s1)Nc1ccccc1N=C2N1CCN(C)C(COP(=O)(OC(C)(C)C)OC(C)(C)C)C1. The van der Waals surface area contributed by atoms with Gasteiger partial charge in [0.15, 0.2) is 0 Å². The standard InChI is InChI=1S/C26H39N4O4PS/c1-18-15-20-23(27-21-11-9-10-12-22(21)28-24(20)36-18)30-14-13-29(8)19(16-30)17-32-35(31,33-25(2,3)4)34-26(5,6)7/h9-12,15,19,28H,13-14,16-17H2,1-8H3. The van der Waals surface area contributed by atoms with Crippen LogP contribution in [0, 0.1) is 6.92 Å². The van der Waals surface area contributed by atoms with Crippen LogP contribution in [0.3, 0.4) is 0 Å². The number of aliphatic imine (C=N–C) groups is 1. The van der Waals surface area contributed by atoms with Crippen molar-refractivity contribution in [3.8, 4) is 0 Å². The Hall–Kier alpha value is -1.74. The largest absolute Gasteiger partial charge is 0.475 e. The predicted molar refractivity (Wildman–Crippen MR) is 148 cm³/mol. The van der Waals surface area contributed by atoms with Gasteiger partial charge in [0.1, 0.15) is 10.8 Å². The zero-order chi connectivity index (χ0) is 26.3. The van der Waals surface area contributed by atoms with Crippen LogP contribution in [-0.4, -0.2) is 66.2 Å². The molecule has 36 heavy (non-hydrogen) atoms. The Morgan fingerprint density at radius 2 is 1.78 bits per heavy atom. The number of rotatable bonds is 5. The lowest BCUT2D eigenvalue weighted by molar-refractivity contribution is -0.00821. The van der Waals surface area contributed by atoms with Crippen LogP contribution in [0.2, 0.25) is 0 Å². The molecule has 0 bridgehead atoms. The van der Waals surface area contributed by atoms with E-state index in [2.05, 4.69) is 41.2 Å². The van der Waals surface area contributed by atoms with Gasteiger partial charge in [0.2, 0.25) is 0 Å². The molecule has 2 aliphatic rings. The van der Waals surface area contributed by atoms with Crippen LogP contribution in [0.5, 0.6) is 0 Å². The topological polar surface area (TPSA) is 75.6 Å². The van der Waals surface area contributed by atoms with E-state index in [1.54, 1.807) is 11.3 Å². The van der Waals surface area contributed by atoms with Gasteiger partial charge in [-0.25, -0.2) is 9.56 Å². The Morgan fingerprint density at radius 3 is 2.44 bits per heavy atom. The van der Waals surface area contributed by atoms with Crippen molar-refractivity contribution in [2.75, 3.05) is 38.6 Å². The van der Waals surface area contributed by atoms with Gasteiger partial charge in [-0.1, -0.05) is 12.1 Å². The molecule has 1 atom stereocenters. The van der Waals surface area contributed by atoms with Crippen molar-refractivity contribution in [1.82, 2.24) is 9.80 Å². The summed E-state index contributed by atoms with van der Waals surface area (Å²) in [5.74, 6) is 0.949. The van der Waals surface area contributed by atoms with E-state index in [1.807, 2.05) is 59.7 Å². The highest BCUT2D eigenvalue weighted by atomic mass is 32.1. The minimum Gasteiger partial charge on any atom is -0.353 e. The fraction of sp³-hybridized carbons (Fsp3) is 0.577. The Morgan fingerprint density at radius 1 is 1.11 bits per heavy atom. The number of anilines is 2. The fourth-order valence-corrected chi connectivity index (χ4v) is 6.98. The summed E-state index contributed by atoms with van der Waals surface area (Å²) in [6.07, 6.45) is 0. The van der Waals surface area contributed by atoms with Crippen LogP contribution in [0.1, 0.15) is 52.0 Å². The van der Waals surface area contributed by atoms with E-state index in [0.29, 0.717) is 6.54 Å². The molecule has 198 valence electrons. The quantitative estimate of drug-likeness (QED) is 0.435. The molecule has 1 aromatic carbocycles. The number of phosphoric acid groups is 1. The molecule has 1 fully saturated rings. The first-order valence-electron chi connectivity index (χ1n) is 12.4. The summed E-state index contributed by atoms with van der Waals surface area (Å²) in [6.45, 7) is 15.8. The monoisotopic (exact) mass is 534 g/mol. The Bertz CT molecular complexity index is 1150. The lowest BCUT2D eigenvalue weighted by atomic mass is 10.1. The highest BCUT2D eigenvalue weighted by Gasteiger charge is 2.39. The third-order valence-electron chi connectivity index (χ3n) is 5.75. The van der Waals surface area contributed by atoms with Gasteiger partial charge in [0.05, 0.1) is 40.8 Å². The second-order valence-electron chi connectivity index (χ2n) is 11.4. The number of fused-ring (bicyclic) bond motifs is 2. The number of phosphoric ester groups is 1. The number of likely N-dealkylation sites (N-methyl/N-ethyl adjacent to an activating group) is 1. The molecule has 2 aromatic rings. The van der Waals surface area contributed by atoms with Crippen LogP contribution in [0.15, 0.2) is 35.3 Å². The van der Waals surface area contributed by atoms with Gasteiger partial charge in [-0.15, -0.1) is 11.3 Å². The number of aryl methyl sites for hydroxylation is 1. The summed E-state index contributed by atoms with van der Waals surface area (Å²) in [4.78, 5) is 10.9. The van der Waals surface area contributed by atoms with E-state index in [4.69, 9.17) is 18.6 Å². The molecule has 1 aromatic heterocycles. The van der Waals surface area contributed by atoms with E-state index in [-0.39, 0.29) is 12.6 Å². The molecular formula is C26H39N4O4PS. The van der Waals surface area contributed by atoms with Gasteiger partial charge < -0.3 is 10.2 Å². The second-order valence-corrected chi connectivity index (χ2v) is 14.2. The Balaban J connectivity index is 1.57. The van der Waals surface area contributed by atoms with Crippen molar-refractivity contribution in [1.29, 1.82) is 0 Å². The van der Waals surface area contributed by atoms with Crippen molar-refractivity contribution in [3.05, 3.63) is 40.8 Å². The van der Waals surface area contributed by atoms with Gasteiger partial charge in [-0.3, -0.25) is 18.5 Å². The molecular weight excluding hydrogens is 495 g/mol. The molecule has 4 rings (SSSR count). The molecule has 3 heterocycles. The van der Waals surface area contributed by atoms with Crippen molar-refractivity contribution in [2.24, 2.45) is 4.99 Å². The van der Waals surface area contributed by atoms with Gasteiger partial charge in [-0.05, 0) is 73.7 Å². The maximum absolute atomic E-state index is 13.6. The fourth-order valence-electron chi connectivity index (χ4n) is 4.23. The molecule has 0 saturated carbocycles. The summed E-state index contributed by atoms with van der Waals surface area (Å²) in [7, 11) is -1.72. The summed E-state index contributed by atoms with van der Waals surface area (Å²) in [6, 6.07) is 10.3. The van der Waals surface area contributed by atoms with Crippen molar-refractivity contribution >= 4 is 41.4 Å². The number of hydrogen-bond acceptors (Lipinski definition) is 9. The van der Waals surface area contributed by atoms with Crippen LogP contribution in [0.25, 0.3) is 0 Å². The molecule has 1 unspecified atom stereocenters. The number of nitrogens with zero attached hydrogens (tertiary/aromatic N) is 3. The van der Waals surface area contributed by atoms with Gasteiger partial charge in [-0.2, -0.15) is 0 Å². The molecule has 2 aliphatic heterocycles. The number of thiophene rings is 1. The summed E-state index contributed by atoms with van der Waals surface area (Å²) < 4.78 is 31.2. The number of amidine groups is 1. The Labute approximate surface area is 219 Å². The minimum absolute atomic E-state index is 0.0171. The van der Waals surface area contributed by atoms with E-state index in [1.165, 1.54) is 4.88 Å². The average molecular weight is 535 g/mol. The van der Waals surface area contributed by atoms with Crippen LogP contribution >= 0.6 is 19.2 Å². The third kappa shape index (κ3) is 6.77. The lowest BCUT2D eigenvalue weighted by Gasteiger charge is -2.41. The van der Waals surface area contributed by atoms with Gasteiger partial charge in [0, 0.05) is 24.5 Å². The summed E-state index contributed by atoms with van der Waals surface area (Å²) in [5, 5.41) is 4.67. The van der Waals surface area contributed by atoms with Crippen molar-refractivity contribution < 1.29 is 18.1 Å². The van der Waals surface area contributed by atoms with E-state index >= 15 is 0 Å². The van der Waals surface area contributed by atoms with Crippen molar-refractivity contribution in [2.45, 2.75) is 65.7 Å². The predicted octanol–water partition coefficient (Wildman–Crippen LogP) is 6.56. The molecule has 1 N–H and O–H groups in total. The maximum atomic E-state index is 13.6. The van der Waals surface area contributed by atoms with E-state index in [0.717, 1.165) is 40.9 Å². The van der Waals surface area contributed by atoms with Crippen LogP contribution in [-0.2, 0) is 18.1 Å². The molecule has 0 amide bonds. The molecule has 10 heteroatoms. The van der Waals surface area contributed by atoms with E-state index in [9.17, 15) is 4.57 Å². The smallest absolute Gasteiger partial charge is 0.353 e. The number of para-hydroxylation sites is 2. The Kier molecular flexibility index (Phi) is 7.73. The summed E-state index contributed by atoms with van der Waals surface area (Å²) >= 11 is 1.74. The molecule has 0 radical (unpaired) electrons. The number of benzene rings is 1. The van der Waals surface area contributed by atoms with Gasteiger partial charge >= 0.3 is 7.82 Å². The molecule has 0 aliphatic carbocycles. The first-order valence-corrected chi connectivity index (χ1v) is 14.7. The minimum atomic E-state index is -3.79. The van der Waals surface area contributed by atoms with Crippen LogP contribution < -0.4 is 5.32 Å². The second kappa shape index (κ2) is 10.2. The normalized spacial score (nSPS) is 19.3. The highest BCUT2D eigenvalue weighted by molar-refractivity contribution is 7.48. The number of hydrogen-bond donors (Lipinski definition) is 1. The number of nitrogens with one attached hydrogen (secondary N) is 1. The van der Waals surface area contributed by atoms with Crippen LogP contribution in [0.4, 0.5) is 16.4 Å². The van der Waals surface area contributed by atoms with Gasteiger partial charge in [0.25, 0.3) is 0 Å². The molecule has 8 nitrogen and oxygen atoms in total. The zero-order valence-electron chi connectivity index (χ0n) is 22.6. The first-order chi connectivity index (χ1) is 16.7. The maximum Gasteiger partial charge on any atom is 0.475 e. The zero-order valence-corrected chi connectivity index (χ0v) is 24.3. The third-order valence-corrected chi connectivity index (χ3v) is 8.72. The molecule has 1 saturated heterocycles. The van der Waals surface area contributed by atoms with E-state index < -0.39 is 19.0 Å². The molecule has 0 spiro atoms. The van der Waals surface area contributed by atoms with Crippen molar-refractivity contribution in [3.63, 3.8) is 0 Å². The average Bonchev–Trinajstić information content (AvgIpc) is 3.02.